The van der Waals surface area contributed by atoms with Crippen LogP contribution in [-0.4, -0.2) is 6.10 Å². The van der Waals surface area contributed by atoms with Crippen LogP contribution in [0.2, 0.25) is 0 Å². The van der Waals surface area contributed by atoms with Crippen LogP contribution < -0.4 is 10.5 Å². The van der Waals surface area contributed by atoms with Crippen molar-refractivity contribution in [2.45, 2.75) is 58.1 Å². The van der Waals surface area contributed by atoms with Gasteiger partial charge in [0.15, 0.2) is 0 Å². The van der Waals surface area contributed by atoms with Crippen molar-refractivity contribution >= 4 is 0 Å². The highest BCUT2D eigenvalue weighted by atomic mass is 16.5. The van der Waals surface area contributed by atoms with Crippen LogP contribution in [0, 0.1) is 5.92 Å². The van der Waals surface area contributed by atoms with E-state index in [0.717, 1.165) is 18.1 Å². The summed E-state index contributed by atoms with van der Waals surface area (Å²) in [7, 11) is 0. The molecular formula is C16H25NO. The minimum Gasteiger partial charge on any atom is -0.490 e. The molecule has 1 fully saturated rings. The molecule has 0 bridgehead atoms. The average Bonchev–Trinajstić information content (AvgIpc) is 2.39. The lowest BCUT2D eigenvalue weighted by Crippen LogP contribution is -2.24. The van der Waals surface area contributed by atoms with Crippen molar-refractivity contribution in [3.63, 3.8) is 0 Å². The van der Waals surface area contributed by atoms with Crippen molar-refractivity contribution in [2.24, 2.45) is 11.7 Å². The van der Waals surface area contributed by atoms with Gasteiger partial charge in [-0.3, -0.25) is 0 Å². The number of hydrogen-bond acceptors (Lipinski definition) is 2. The number of benzene rings is 1. The van der Waals surface area contributed by atoms with Crippen molar-refractivity contribution in [1.82, 2.24) is 0 Å². The van der Waals surface area contributed by atoms with Gasteiger partial charge in [0.2, 0.25) is 0 Å². The minimum atomic E-state index is 0.147. The SMILES string of the molecule is CC[C@H](N)c1ccc(OC2CCCC(C)C2)cc1. The molecule has 2 heteroatoms. The molecule has 2 N–H and O–H groups in total. The third kappa shape index (κ3) is 3.49. The Morgan fingerprint density at radius 1 is 1.28 bits per heavy atom. The van der Waals surface area contributed by atoms with E-state index in [1.54, 1.807) is 0 Å². The van der Waals surface area contributed by atoms with Crippen LogP contribution >= 0.6 is 0 Å². The maximum atomic E-state index is 6.05. The summed E-state index contributed by atoms with van der Waals surface area (Å²) in [5.74, 6) is 1.79. The third-order valence-corrected chi connectivity index (χ3v) is 3.94. The monoisotopic (exact) mass is 247 g/mol. The Balaban J connectivity index is 1.93. The molecule has 1 aromatic rings. The smallest absolute Gasteiger partial charge is 0.119 e. The minimum absolute atomic E-state index is 0.147. The normalized spacial score (nSPS) is 25.7. The summed E-state index contributed by atoms with van der Waals surface area (Å²) in [6.07, 6.45) is 6.41. The van der Waals surface area contributed by atoms with E-state index in [0.29, 0.717) is 6.10 Å². The first-order valence-electron chi connectivity index (χ1n) is 7.21. The molecule has 0 aromatic heterocycles. The Morgan fingerprint density at radius 3 is 2.61 bits per heavy atom. The van der Waals surface area contributed by atoms with E-state index in [4.69, 9.17) is 10.5 Å². The standard InChI is InChI=1S/C16H25NO/c1-3-16(17)13-7-9-14(10-8-13)18-15-6-4-5-12(2)11-15/h7-10,12,15-16H,3-6,11,17H2,1-2H3/t12?,15?,16-/m0/s1. The fourth-order valence-corrected chi connectivity index (χ4v) is 2.71. The van der Waals surface area contributed by atoms with E-state index in [1.807, 2.05) is 0 Å². The highest BCUT2D eigenvalue weighted by Gasteiger charge is 2.20. The van der Waals surface area contributed by atoms with Crippen LogP contribution in [-0.2, 0) is 0 Å². The van der Waals surface area contributed by atoms with Gasteiger partial charge in [0.05, 0.1) is 6.10 Å². The first-order valence-corrected chi connectivity index (χ1v) is 7.21. The molecule has 0 heterocycles. The molecule has 0 radical (unpaired) electrons. The summed E-state index contributed by atoms with van der Waals surface area (Å²) in [5, 5.41) is 0. The topological polar surface area (TPSA) is 35.2 Å². The van der Waals surface area contributed by atoms with E-state index in [1.165, 1.54) is 31.2 Å². The maximum absolute atomic E-state index is 6.05. The van der Waals surface area contributed by atoms with Crippen molar-refractivity contribution in [3.05, 3.63) is 29.8 Å². The second-order valence-corrected chi connectivity index (χ2v) is 5.60. The van der Waals surface area contributed by atoms with Crippen LogP contribution in [0.5, 0.6) is 5.75 Å². The van der Waals surface area contributed by atoms with Gasteiger partial charge in [-0.1, -0.05) is 32.4 Å². The molecule has 0 amide bonds. The van der Waals surface area contributed by atoms with Gasteiger partial charge >= 0.3 is 0 Å². The lowest BCUT2D eigenvalue weighted by Gasteiger charge is -2.27. The van der Waals surface area contributed by atoms with E-state index in [-0.39, 0.29) is 6.04 Å². The Hall–Kier alpha value is -1.02. The van der Waals surface area contributed by atoms with Crippen LogP contribution in [0.25, 0.3) is 0 Å². The highest BCUT2D eigenvalue weighted by Crippen LogP contribution is 2.28. The van der Waals surface area contributed by atoms with Crippen LogP contribution in [0.15, 0.2) is 24.3 Å². The fraction of sp³-hybridized carbons (Fsp3) is 0.625. The van der Waals surface area contributed by atoms with Gasteiger partial charge in [0.25, 0.3) is 0 Å². The average molecular weight is 247 g/mol. The summed E-state index contributed by atoms with van der Waals surface area (Å²) < 4.78 is 6.05. The summed E-state index contributed by atoms with van der Waals surface area (Å²) in [4.78, 5) is 0. The number of nitrogens with two attached hydrogens (primary N) is 1. The van der Waals surface area contributed by atoms with Crippen LogP contribution in [0.1, 0.15) is 57.6 Å². The lowest BCUT2D eigenvalue weighted by atomic mass is 9.89. The fourth-order valence-electron chi connectivity index (χ4n) is 2.71. The second kappa shape index (κ2) is 6.24. The highest BCUT2D eigenvalue weighted by molar-refractivity contribution is 5.29. The lowest BCUT2D eigenvalue weighted by molar-refractivity contribution is 0.129. The Bertz CT molecular complexity index is 360. The van der Waals surface area contributed by atoms with Gasteiger partial charge in [-0.2, -0.15) is 0 Å². The maximum Gasteiger partial charge on any atom is 0.119 e. The molecule has 0 spiro atoms. The summed E-state index contributed by atoms with van der Waals surface area (Å²) in [6, 6.07) is 8.45. The predicted octanol–water partition coefficient (Wildman–Crippen LogP) is 4.05. The predicted molar refractivity (Wildman–Crippen MR) is 75.7 cm³/mol. The quantitative estimate of drug-likeness (QED) is 0.871. The molecule has 1 saturated carbocycles. The largest absolute Gasteiger partial charge is 0.490 e. The van der Waals surface area contributed by atoms with Gasteiger partial charge in [-0.25, -0.2) is 0 Å². The third-order valence-electron chi connectivity index (χ3n) is 3.94. The molecule has 0 saturated heterocycles. The Kier molecular flexibility index (Phi) is 4.65. The van der Waals surface area contributed by atoms with E-state index in [2.05, 4.69) is 38.1 Å². The molecule has 18 heavy (non-hydrogen) atoms. The van der Waals surface area contributed by atoms with Crippen LogP contribution in [0.4, 0.5) is 0 Å². The number of rotatable bonds is 4. The van der Waals surface area contributed by atoms with Gasteiger partial charge in [-0.05, 0) is 49.3 Å². The van der Waals surface area contributed by atoms with Crippen LogP contribution in [0.3, 0.4) is 0 Å². The zero-order valence-corrected chi connectivity index (χ0v) is 11.6. The van der Waals surface area contributed by atoms with Gasteiger partial charge < -0.3 is 10.5 Å². The number of ether oxygens (including phenoxy) is 1. The van der Waals surface area contributed by atoms with E-state index < -0.39 is 0 Å². The molecule has 2 rings (SSSR count). The van der Waals surface area contributed by atoms with Gasteiger partial charge in [-0.15, -0.1) is 0 Å². The van der Waals surface area contributed by atoms with E-state index >= 15 is 0 Å². The molecule has 1 aliphatic rings. The molecule has 1 aliphatic carbocycles. The molecular weight excluding hydrogens is 222 g/mol. The zero-order chi connectivity index (χ0) is 13.0. The first-order chi connectivity index (χ1) is 8.69. The summed E-state index contributed by atoms with van der Waals surface area (Å²) in [5.41, 5.74) is 7.20. The molecule has 3 atom stereocenters. The molecule has 0 aliphatic heterocycles. The number of hydrogen-bond donors (Lipinski definition) is 1. The Morgan fingerprint density at radius 2 is 2.00 bits per heavy atom. The Labute approximate surface area is 111 Å². The van der Waals surface area contributed by atoms with Gasteiger partial charge in [0.1, 0.15) is 5.75 Å². The van der Waals surface area contributed by atoms with Gasteiger partial charge in [0, 0.05) is 6.04 Å². The van der Waals surface area contributed by atoms with Crippen molar-refractivity contribution in [1.29, 1.82) is 0 Å². The summed E-state index contributed by atoms with van der Waals surface area (Å²) in [6.45, 7) is 4.43. The van der Waals surface area contributed by atoms with E-state index in [9.17, 15) is 0 Å². The molecule has 1 aromatic carbocycles. The first kappa shape index (κ1) is 13.4. The summed E-state index contributed by atoms with van der Waals surface area (Å²) >= 11 is 0. The van der Waals surface area contributed by atoms with Crippen molar-refractivity contribution < 1.29 is 4.74 Å². The zero-order valence-electron chi connectivity index (χ0n) is 11.6. The van der Waals surface area contributed by atoms with Crippen molar-refractivity contribution in [2.75, 3.05) is 0 Å². The second-order valence-electron chi connectivity index (χ2n) is 5.60. The molecule has 100 valence electrons. The van der Waals surface area contributed by atoms with Crippen molar-refractivity contribution in [3.8, 4) is 5.75 Å². The molecule has 2 unspecified atom stereocenters. The molecule has 2 nitrogen and oxygen atoms in total.